The molecule has 0 unspecified atom stereocenters. The van der Waals surface area contributed by atoms with E-state index in [9.17, 15) is 18.0 Å². The Kier molecular flexibility index (Phi) is 5.56. The van der Waals surface area contributed by atoms with Crippen molar-refractivity contribution in [2.24, 2.45) is 5.41 Å². The van der Waals surface area contributed by atoms with Crippen LogP contribution in [-0.4, -0.2) is 38.8 Å². The molecule has 0 bridgehead atoms. The van der Waals surface area contributed by atoms with Crippen LogP contribution in [0.25, 0.3) is 0 Å². The topological polar surface area (TPSA) is 86.7 Å². The van der Waals surface area contributed by atoms with Crippen molar-refractivity contribution in [3.63, 3.8) is 0 Å². The zero-order valence-corrected chi connectivity index (χ0v) is 16.5. The van der Waals surface area contributed by atoms with Gasteiger partial charge in [-0.2, -0.15) is 0 Å². The van der Waals surface area contributed by atoms with Crippen LogP contribution in [-0.2, 0) is 28.9 Å². The van der Waals surface area contributed by atoms with E-state index in [1.807, 2.05) is 0 Å². The largest absolute Gasteiger partial charge is 0.465 e. The summed E-state index contributed by atoms with van der Waals surface area (Å²) in [6.07, 6.45) is 0. The van der Waals surface area contributed by atoms with Gasteiger partial charge in [0.2, 0.25) is 0 Å². The summed E-state index contributed by atoms with van der Waals surface area (Å²) in [6.45, 7) is 3.27. The van der Waals surface area contributed by atoms with Crippen LogP contribution in [0.15, 0.2) is 65.6 Å². The molecule has 0 radical (unpaired) electrons. The number of hydrogen-bond acceptors (Lipinski definition) is 6. The molecule has 2 aromatic carbocycles. The molecule has 6 nitrogen and oxygen atoms in total. The molecule has 2 aromatic rings. The fourth-order valence-electron chi connectivity index (χ4n) is 3.71. The molecule has 1 aliphatic carbocycles. The number of carbonyl (C=O) groups excluding carboxylic acids is 2. The fraction of sp³-hybridized carbons (Fsp3) is 0.333. The van der Waals surface area contributed by atoms with Crippen molar-refractivity contribution in [3.8, 4) is 0 Å². The summed E-state index contributed by atoms with van der Waals surface area (Å²) in [4.78, 5) is 25.9. The molecule has 0 N–H and O–H groups in total. The van der Waals surface area contributed by atoms with Gasteiger partial charge in [0.05, 0.1) is 18.1 Å². The molecule has 0 heterocycles. The van der Waals surface area contributed by atoms with Gasteiger partial charge in [-0.3, -0.25) is 9.59 Å². The zero-order chi connectivity index (χ0) is 20.4. The lowest BCUT2D eigenvalue weighted by Gasteiger charge is -2.15. The molecule has 0 amide bonds. The number of rotatable bonds is 7. The maximum atomic E-state index is 13.4. The van der Waals surface area contributed by atoms with Crippen molar-refractivity contribution in [2.75, 3.05) is 13.2 Å². The summed E-state index contributed by atoms with van der Waals surface area (Å²) in [5.74, 6) is -2.62. The van der Waals surface area contributed by atoms with Gasteiger partial charge in [0.1, 0.15) is 5.25 Å². The molecule has 3 rings (SSSR count). The third-order valence-corrected chi connectivity index (χ3v) is 7.17. The van der Waals surface area contributed by atoms with Gasteiger partial charge in [0.25, 0.3) is 0 Å². The van der Waals surface area contributed by atoms with Crippen LogP contribution in [0.5, 0.6) is 0 Å². The average molecular weight is 402 g/mol. The molecule has 1 fully saturated rings. The molecule has 0 saturated heterocycles. The second kappa shape index (κ2) is 7.75. The van der Waals surface area contributed by atoms with E-state index in [1.165, 1.54) is 12.1 Å². The Bertz CT molecular complexity index is 935. The number of hydrogen-bond donors (Lipinski definition) is 0. The lowest BCUT2D eigenvalue weighted by Crippen LogP contribution is -2.35. The van der Waals surface area contributed by atoms with E-state index in [4.69, 9.17) is 9.47 Å². The van der Waals surface area contributed by atoms with Crippen LogP contribution in [0.3, 0.4) is 0 Å². The summed E-state index contributed by atoms with van der Waals surface area (Å²) in [7, 11) is -4.00. The first-order valence-electron chi connectivity index (χ1n) is 9.10. The number of esters is 2. The van der Waals surface area contributed by atoms with Crippen molar-refractivity contribution in [3.05, 3.63) is 66.2 Å². The van der Waals surface area contributed by atoms with Gasteiger partial charge in [-0.05, 0) is 31.5 Å². The van der Waals surface area contributed by atoms with E-state index in [0.717, 1.165) is 0 Å². The summed E-state index contributed by atoms with van der Waals surface area (Å²) in [5.41, 5.74) is -1.34. The van der Waals surface area contributed by atoms with Crippen molar-refractivity contribution < 1.29 is 27.5 Å². The van der Waals surface area contributed by atoms with Gasteiger partial charge in [0, 0.05) is 5.92 Å². The highest BCUT2D eigenvalue weighted by atomic mass is 32.2. The van der Waals surface area contributed by atoms with Gasteiger partial charge in [-0.1, -0.05) is 48.5 Å². The minimum Gasteiger partial charge on any atom is -0.465 e. The van der Waals surface area contributed by atoms with Crippen molar-refractivity contribution in [2.45, 2.75) is 29.9 Å². The predicted octanol–water partition coefficient (Wildman–Crippen LogP) is 2.74. The van der Waals surface area contributed by atoms with Crippen LogP contribution in [0.4, 0.5) is 0 Å². The number of sulfone groups is 1. The number of benzene rings is 2. The summed E-state index contributed by atoms with van der Waals surface area (Å²) < 4.78 is 37.1. The quantitative estimate of drug-likeness (QED) is 0.523. The molecule has 2 atom stereocenters. The van der Waals surface area contributed by atoms with Gasteiger partial charge in [-0.15, -0.1) is 0 Å². The monoisotopic (exact) mass is 402 g/mol. The molecule has 7 heteroatoms. The standard InChI is InChI=1S/C21H22O6S/c1-3-26-19(22)21(20(23)27-4-2)17(15-11-7-5-8-12-15)18(21)28(24,25)16-13-9-6-10-14-16/h5-14,17-18H,3-4H2,1-2H3/t17-,18-/m0/s1. The molecule has 1 aliphatic rings. The van der Waals surface area contributed by atoms with Crippen molar-refractivity contribution in [1.29, 1.82) is 0 Å². The maximum absolute atomic E-state index is 13.4. The summed E-state index contributed by atoms with van der Waals surface area (Å²) >= 11 is 0. The zero-order valence-electron chi connectivity index (χ0n) is 15.7. The van der Waals surface area contributed by atoms with E-state index >= 15 is 0 Å². The first-order valence-corrected chi connectivity index (χ1v) is 10.6. The summed E-state index contributed by atoms with van der Waals surface area (Å²) in [6, 6.07) is 16.5. The normalized spacial score (nSPS) is 20.2. The van der Waals surface area contributed by atoms with E-state index in [1.54, 1.807) is 62.4 Å². The van der Waals surface area contributed by atoms with Gasteiger partial charge < -0.3 is 9.47 Å². The molecule has 0 aliphatic heterocycles. The van der Waals surface area contributed by atoms with Crippen LogP contribution in [0, 0.1) is 5.41 Å². The molecule has 0 aromatic heterocycles. The van der Waals surface area contributed by atoms with Crippen molar-refractivity contribution >= 4 is 21.8 Å². The van der Waals surface area contributed by atoms with Crippen molar-refractivity contribution in [1.82, 2.24) is 0 Å². The van der Waals surface area contributed by atoms with Gasteiger partial charge >= 0.3 is 11.9 Å². The Morgan fingerprint density at radius 1 is 0.857 bits per heavy atom. The fourth-order valence-corrected chi connectivity index (χ4v) is 6.02. The molecular formula is C21H22O6S. The highest BCUT2D eigenvalue weighted by Gasteiger charge is 2.81. The van der Waals surface area contributed by atoms with E-state index in [-0.39, 0.29) is 18.1 Å². The first-order chi connectivity index (χ1) is 13.4. The Labute approximate surface area is 164 Å². The minimum atomic E-state index is -4.00. The Hall–Kier alpha value is -2.67. The Balaban J connectivity index is 2.19. The van der Waals surface area contributed by atoms with Crippen LogP contribution in [0.1, 0.15) is 25.3 Å². The number of ether oxygens (including phenoxy) is 2. The molecule has 0 spiro atoms. The molecule has 1 saturated carbocycles. The third kappa shape index (κ3) is 3.09. The second-order valence-electron chi connectivity index (χ2n) is 6.48. The SMILES string of the molecule is CCOC(=O)C1(C(=O)OCC)[C@@H](c2ccccc2)[C@@H]1S(=O)(=O)c1ccccc1. The third-order valence-electron chi connectivity index (χ3n) is 4.92. The van der Waals surface area contributed by atoms with Crippen LogP contribution in [0.2, 0.25) is 0 Å². The predicted molar refractivity (Wildman–Crippen MR) is 102 cm³/mol. The van der Waals surface area contributed by atoms with E-state index < -0.39 is 38.4 Å². The molecule has 28 heavy (non-hydrogen) atoms. The van der Waals surface area contributed by atoms with E-state index in [0.29, 0.717) is 5.56 Å². The first kappa shape index (κ1) is 20.1. The molecule has 148 valence electrons. The number of carbonyl (C=O) groups is 2. The smallest absolute Gasteiger partial charge is 0.325 e. The van der Waals surface area contributed by atoms with E-state index in [2.05, 4.69) is 0 Å². The van der Waals surface area contributed by atoms with Gasteiger partial charge in [0.15, 0.2) is 15.3 Å². The maximum Gasteiger partial charge on any atom is 0.325 e. The lowest BCUT2D eigenvalue weighted by atomic mass is 9.99. The lowest BCUT2D eigenvalue weighted by molar-refractivity contribution is -0.164. The highest BCUT2D eigenvalue weighted by Crippen LogP contribution is 2.65. The molecular weight excluding hydrogens is 380 g/mol. The van der Waals surface area contributed by atoms with Gasteiger partial charge in [-0.25, -0.2) is 8.42 Å². The van der Waals surface area contributed by atoms with Crippen LogP contribution >= 0.6 is 0 Å². The Morgan fingerprint density at radius 2 is 1.32 bits per heavy atom. The van der Waals surface area contributed by atoms with Crippen LogP contribution < -0.4 is 0 Å². The summed E-state index contributed by atoms with van der Waals surface area (Å²) in [5, 5.41) is -1.29. The average Bonchev–Trinajstić information content (AvgIpc) is 3.42. The minimum absolute atomic E-state index is 0.0274. The second-order valence-corrected chi connectivity index (χ2v) is 8.55. The highest BCUT2D eigenvalue weighted by molar-refractivity contribution is 7.92. The Morgan fingerprint density at radius 3 is 1.79 bits per heavy atom.